The van der Waals surface area contributed by atoms with E-state index >= 15 is 0 Å². The summed E-state index contributed by atoms with van der Waals surface area (Å²) in [5.74, 6) is 0.575. The van der Waals surface area contributed by atoms with Crippen LogP contribution in [0.25, 0.3) is 43.6 Å². The molecule has 2 heterocycles. The lowest BCUT2D eigenvalue weighted by Gasteiger charge is -2.10. The molecule has 0 unspecified atom stereocenters. The molecule has 0 atom stereocenters. The van der Waals surface area contributed by atoms with Crippen molar-refractivity contribution in [3.8, 4) is 28.2 Å². The van der Waals surface area contributed by atoms with Crippen molar-refractivity contribution in [1.82, 2.24) is 4.98 Å². The minimum absolute atomic E-state index is 0.171. The highest BCUT2D eigenvalue weighted by atomic mass is 32.1. The van der Waals surface area contributed by atoms with Gasteiger partial charge in [-0.2, -0.15) is 0 Å². The number of ether oxygens (including phenoxy) is 1. The number of anilines is 1. The number of fused-ring (bicyclic) bond motifs is 3. The number of benzene rings is 3. The highest BCUT2D eigenvalue weighted by Gasteiger charge is 2.20. The maximum Gasteiger partial charge on any atom is 0.236 e. The number of rotatable bonds is 3. The molecule has 5 aromatic rings. The summed E-state index contributed by atoms with van der Waals surface area (Å²) in [7, 11) is 1.47. The first kappa shape index (κ1) is 17.5. The first-order valence-electron chi connectivity index (χ1n) is 9.01. The maximum atomic E-state index is 13.2. The summed E-state index contributed by atoms with van der Waals surface area (Å²) in [6.45, 7) is 0. The molecule has 0 aliphatic rings. The molecule has 2 N–H and O–H groups in total. The summed E-state index contributed by atoms with van der Waals surface area (Å²) < 4.78 is 12.3. The molecule has 2 aromatic heterocycles. The number of nitrogens with two attached hydrogens (primary N) is 1. The van der Waals surface area contributed by atoms with Crippen molar-refractivity contribution in [2.45, 2.75) is 0 Å². The van der Waals surface area contributed by atoms with Crippen LogP contribution in [0.15, 0.2) is 75.9 Å². The third-order valence-corrected chi connectivity index (χ3v) is 5.76. The Morgan fingerprint density at radius 2 is 1.62 bits per heavy atom. The van der Waals surface area contributed by atoms with E-state index in [4.69, 9.17) is 14.9 Å². The van der Waals surface area contributed by atoms with Gasteiger partial charge in [-0.1, -0.05) is 65.9 Å². The Balaban J connectivity index is 1.70. The van der Waals surface area contributed by atoms with Crippen LogP contribution in [0.3, 0.4) is 0 Å². The molecule has 0 spiro atoms. The van der Waals surface area contributed by atoms with E-state index in [2.05, 4.69) is 17.1 Å². The summed E-state index contributed by atoms with van der Waals surface area (Å²) in [6.07, 6.45) is 0. The Kier molecular flexibility index (Phi) is 4.07. The van der Waals surface area contributed by atoms with Gasteiger partial charge in [-0.05, 0) is 23.3 Å². The minimum atomic E-state index is -0.231. The molecule has 0 aliphatic carbocycles. The number of nitrogens with zero attached hydrogens (tertiary/aromatic N) is 1. The van der Waals surface area contributed by atoms with Gasteiger partial charge in [-0.3, -0.25) is 4.79 Å². The molecule has 6 heteroatoms. The second-order valence-corrected chi connectivity index (χ2v) is 7.61. The van der Waals surface area contributed by atoms with E-state index in [9.17, 15) is 4.79 Å². The van der Waals surface area contributed by atoms with Crippen molar-refractivity contribution in [2.75, 3.05) is 12.8 Å². The number of nitrogen functional groups attached to an aromatic ring is 1. The molecule has 0 saturated heterocycles. The summed E-state index contributed by atoms with van der Waals surface area (Å²) in [4.78, 5) is 17.5. The van der Waals surface area contributed by atoms with Crippen LogP contribution in [-0.4, -0.2) is 12.1 Å². The van der Waals surface area contributed by atoms with E-state index in [0.29, 0.717) is 32.1 Å². The van der Waals surface area contributed by atoms with Crippen molar-refractivity contribution < 1.29 is 9.15 Å². The fraction of sp³-hybridized carbons (Fsp3) is 0.0435. The lowest BCUT2D eigenvalue weighted by molar-refractivity contribution is 0.399. The molecule has 5 nitrogen and oxygen atoms in total. The van der Waals surface area contributed by atoms with Crippen LogP contribution in [0.1, 0.15) is 0 Å². The fourth-order valence-corrected chi connectivity index (χ4v) is 4.35. The van der Waals surface area contributed by atoms with Gasteiger partial charge < -0.3 is 14.9 Å². The van der Waals surface area contributed by atoms with Crippen LogP contribution < -0.4 is 15.9 Å². The molecule has 0 fully saturated rings. The number of aromatic nitrogens is 1. The van der Waals surface area contributed by atoms with Gasteiger partial charge in [0.25, 0.3) is 0 Å². The van der Waals surface area contributed by atoms with Crippen LogP contribution in [0.2, 0.25) is 0 Å². The van der Waals surface area contributed by atoms with Crippen molar-refractivity contribution in [2.24, 2.45) is 0 Å². The van der Waals surface area contributed by atoms with Crippen molar-refractivity contribution >= 4 is 37.7 Å². The van der Waals surface area contributed by atoms with Gasteiger partial charge in [0.15, 0.2) is 10.9 Å². The van der Waals surface area contributed by atoms with Gasteiger partial charge in [0.05, 0.1) is 22.7 Å². The fourth-order valence-electron chi connectivity index (χ4n) is 3.48. The number of methoxy groups -OCH3 is 1. The third-order valence-electron chi connectivity index (χ3n) is 4.85. The van der Waals surface area contributed by atoms with Gasteiger partial charge in [-0.25, -0.2) is 4.98 Å². The van der Waals surface area contributed by atoms with Gasteiger partial charge in [0, 0.05) is 5.56 Å². The molecule has 29 heavy (non-hydrogen) atoms. The monoisotopic (exact) mass is 400 g/mol. The minimum Gasteiger partial charge on any atom is -0.490 e. The maximum absolute atomic E-state index is 13.2. The zero-order chi connectivity index (χ0) is 20.0. The summed E-state index contributed by atoms with van der Waals surface area (Å²) in [5.41, 5.74) is 9.72. The third kappa shape index (κ3) is 2.85. The van der Waals surface area contributed by atoms with Gasteiger partial charge in [0.1, 0.15) is 5.58 Å². The van der Waals surface area contributed by atoms with Crippen molar-refractivity contribution in [3.63, 3.8) is 0 Å². The molecular weight excluding hydrogens is 384 g/mol. The number of thiazole rings is 1. The molecule has 0 bridgehead atoms. The quantitative estimate of drug-likeness (QED) is 0.443. The van der Waals surface area contributed by atoms with Gasteiger partial charge >= 0.3 is 0 Å². The van der Waals surface area contributed by atoms with Gasteiger partial charge in [0.2, 0.25) is 11.2 Å². The zero-order valence-electron chi connectivity index (χ0n) is 15.5. The van der Waals surface area contributed by atoms with E-state index in [1.807, 2.05) is 48.5 Å². The van der Waals surface area contributed by atoms with E-state index in [0.717, 1.165) is 16.7 Å². The Labute approximate surface area is 170 Å². The molecule has 142 valence electrons. The smallest absolute Gasteiger partial charge is 0.236 e. The average molecular weight is 400 g/mol. The normalized spacial score (nSPS) is 11.2. The lowest BCUT2D eigenvalue weighted by Crippen LogP contribution is -2.07. The first-order chi connectivity index (χ1) is 14.2. The molecule has 0 saturated carbocycles. The molecule has 0 amide bonds. The van der Waals surface area contributed by atoms with Crippen LogP contribution in [-0.2, 0) is 0 Å². The Bertz CT molecular complexity index is 1400. The lowest BCUT2D eigenvalue weighted by atomic mass is 10.0. The zero-order valence-corrected chi connectivity index (χ0v) is 16.3. The van der Waals surface area contributed by atoms with Crippen molar-refractivity contribution in [1.29, 1.82) is 0 Å². The van der Waals surface area contributed by atoms with Crippen LogP contribution in [0, 0.1) is 0 Å². The predicted octanol–water partition coefficient (Wildman–Crippen LogP) is 5.33. The van der Waals surface area contributed by atoms with E-state index in [1.54, 1.807) is 6.07 Å². The van der Waals surface area contributed by atoms with E-state index < -0.39 is 0 Å². The van der Waals surface area contributed by atoms with E-state index in [-0.39, 0.29) is 11.2 Å². The average Bonchev–Trinajstić information content (AvgIpc) is 3.14. The molecular formula is C23H16N2O3S. The summed E-state index contributed by atoms with van der Waals surface area (Å²) in [6, 6.07) is 21.5. The number of hydrogen-bond donors (Lipinski definition) is 1. The summed E-state index contributed by atoms with van der Waals surface area (Å²) >= 11 is 1.27. The highest BCUT2D eigenvalue weighted by molar-refractivity contribution is 7.23. The SMILES string of the molecule is COc1c(-c2ccc(-c3ccccc3)cc2)oc2ccc3nc(N)sc3c2c1=O. The second-order valence-electron chi connectivity index (χ2n) is 6.58. The van der Waals surface area contributed by atoms with Gasteiger partial charge in [-0.15, -0.1) is 0 Å². The Morgan fingerprint density at radius 3 is 2.34 bits per heavy atom. The Morgan fingerprint density at radius 1 is 0.931 bits per heavy atom. The topological polar surface area (TPSA) is 78.3 Å². The highest BCUT2D eigenvalue weighted by Crippen LogP contribution is 2.36. The second kappa shape index (κ2) is 6.76. The standard InChI is InChI=1S/C23H16N2O3S/c1-27-21-19(26)18-17(12-11-16-22(18)29-23(24)25-16)28-20(21)15-9-7-14(8-10-15)13-5-3-2-4-6-13/h2-12H,1H3,(H2,24,25). The first-order valence-corrected chi connectivity index (χ1v) is 9.83. The summed E-state index contributed by atoms with van der Waals surface area (Å²) in [5, 5.41) is 0.852. The van der Waals surface area contributed by atoms with Crippen LogP contribution in [0.5, 0.6) is 5.75 Å². The number of hydrogen-bond acceptors (Lipinski definition) is 6. The molecule has 0 radical (unpaired) electrons. The largest absolute Gasteiger partial charge is 0.490 e. The predicted molar refractivity (Wildman–Crippen MR) is 117 cm³/mol. The molecule has 0 aliphatic heterocycles. The molecule has 5 rings (SSSR count). The van der Waals surface area contributed by atoms with Crippen molar-refractivity contribution in [3.05, 3.63) is 77.0 Å². The molecule has 3 aromatic carbocycles. The Hall–Kier alpha value is -3.64. The van der Waals surface area contributed by atoms with E-state index in [1.165, 1.54) is 18.4 Å². The van der Waals surface area contributed by atoms with Crippen LogP contribution in [0.4, 0.5) is 5.13 Å². The van der Waals surface area contributed by atoms with Crippen LogP contribution >= 0.6 is 11.3 Å².